The molecule has 1 fully saturated rings. The first kappa shape index (κ1) is 28.9. The van der Waals surface area contributed by atoms with Crippen LogP contribution in [0.2, 0.25) is 0 Å². The Bertz CT molecular complexity index is 902. The molecular weight excluding hydrogens is 498 g/mol. The number of rotatable bonds is 15. The van der Waals surface area contributed by atoms with Gasteiger partial charge in [-0.2, -0.15) is 4.33 Å². The molecule has 1 aliphatic rings. The molecule has 0 saturated carbocycles. The highest BCUT2D eigenvalue weighted by Gasteiger charge is 2.31. The second-order valence-corrected chi connectivity index (χ2v) is 11.4. The lowest BCUT2D eigenvalue weighted by Crippen LogP contribution is -2.58. The Morgan fingerprint density at radius 3 is 1.79 bits per heavy atom. The van der Waals surface area contributed by atoms with E-state index in [0.717, 1.165) is 22.9 Å². The van der Waals surface area contributed by atoms with Gasteiger partial charge in [0.25, 0.3) is 0 Å². The van der Waals surface area contributed by atoms with E-state index in [4.69, 9.17) is 14.1 Å². The lowest BCUT2D eigenvalue weighted by atomic mass is 10.3. The number of carbonyl (C=O) groups excluding carboxylic acids is 2. The average molecular weight is 526 g/mol. The summed E-state index contributed by atoms with van der Waals surface area (Å²) in [6, 6.07) is 0. The molecule has 15 heteroatoms. The van der Waals surface area contributed by atoms with Crippen molar-refractivity contribution in [2.75, 3.05) is 38.1 Å². The normalized spacial score (nSPS) is 15.0. The first-order valence-electron chi connectivity index (χ1n) is 9.35. The highest BCUT2D eigenvalue weighted by Crippen LogP contribution is 2.15. The van der Waals surface area contributed by atoms with Gasteiger partial charge in [0.15, 0.2) is 19.7 Å². The molecule has 0 unspecified atom stereocenters. The zero-order valence-electron chi connectivity index (χ0n) is 18.0. The van der Waals surface area contributed by atoms with E-state index in [9.17, 15) is 26.4 Å². The molecule has 0 aromatic rings. The fourth-order valence-electron chi connectivity index (χ4n) is 2.39. The van der Waals surface area contributed by atoms with Crippen molar-refractivity contribution in [3.8, 4) is 0 Å². The first-order valence-corrected chi connectivity index (χ1v) is 13.6. The lowest BCUT2D eigenvalue weighted by molar-refractivity contribution is -0.235. The number of hydrogen-bond donors (Lipinski definition) is 0. The van der Waals surface area contributed by atoms with Crippen molar-refractivity contribution in [2.24, 2.45) is 0 Å². The van der Waals surface area contributed by atoms with Crippen molar-refractivity contribution in [3.05, 3.63) is 48.3 Å². The summed E-state index contributed by atoms with van der Waals surface area (Å²) in [4.78, 5) is 37.9. The van der Waals surface area contributed by atoms with Crippen LogP contribution < -0.4 is 0 Å². The maximum Gasteiger partial charge on any atom is 0.226 e. The van der Waals surface area contributed by atoms with Gasteiger partial charge in [-0.25, -0.2) is 21.7 Å². The van der Waals surface area contributed by atoms with Gasteiger partial charge < -0.3 is 14.6 Å². The van der Waals surface area contributed by atoms with Gasteiger partial charge in [-0.3, -0.25) is 9.59 Å². The summed E-state index contributed by atoms with van der Waals surface area (Å²) < 4.78 is 51.2. The van der Waals surface area contributed by atoms with Crippen molar-refractivity contribution < 1.29 is 40.5 Å². The van der Waals surface area contributed by atoms with Crippen LogP contribution in [0, 0.1) is 0 Å². The van der Waals surface area contributed by atoms with E-state index in [1.54, 1.807) is 0 Å². The Morgan fingerprint density at radius 2 is 1.36 bits per heavy atom. The van der Waals surface area contributed by atoms with Crippen molar-refractivity contribution in [3.63, 3.8) is 0 Å². The highest BCUT2D eigenvalue weighted by molar-refractivity contribution is 7.97. The number of hydroxylamine groups is 2. The Hall–Kier alpha value is -2.17. The molecule has 0 radical (unpaired) electrons. The minimum absolute atomic E-state index is 0.0878. The van der Waals surface area contributed by atoms with Crippen molar-refractivity contribution in [2.45, 2.75) is 12.8 Å². The predicted octanol–water partition coefficient (Wildman–Crippen LogP) is 0.914. The Balaban J connectivity index is 2.86. The van der Waals surface area contributed by atoms with Crippen LogP contribution in [0.1, 0.15) is 12.8 Å². The summed E-state index contributed by atoms with van der Waals surface area (Å²) >= 11 is 0.837. The number of sulfone groups is 2. The Morgan fingerprint density at radius 1 is 0.879 bits per heavy atom. The third-order valence-electron chi connectivity index (χ3n) is 4.05. The van der Waals surface area contributed by atoms with E-state index in [1.165, 1.54) is 20.3 Å². The molecule has 1 saturated heterocycles. The Labute approximate surface area is 198 Å². The van der Waals surface area contributed by atoms with Gasteiger partial charge in [-0.1, -0.05) is 26.3 Å². The predicted molar refractivity (Wildman–Crippen MR) is 122 cm³/mol. The standard InChI is InChI=1S/C18H27N3O9S3/c1-5-31-30-28-12-16(4)29-21-14-19(17(22)8-10-32(24,25)6-2)13-20(15-21)18(23)9-11-33(26,27)7-3/h5-7H,1-4,8-15H2. The Kier molecular flexibility index (Phi) is 11.8. The van der Waals surface area contributed by atoms with Gasteiger partial charge >= 0.3 is 0 Å². The van der Waals surface area contributed by atoms with Crippen molar-refractivity contribution in [1.82, 2.24) is 14.9 Å². The average Bonchev–Trinajstić information content (AvgIpc) is 2.78. The summed E-state index contributed by atoms with van der Waals surface area (Å²) in [5.74, 6) is -1.92. The number of hydrogen-bond acceptors (Lipinski definition) is 11. The topological polar surface area (TPSA) is 140 Å². The molecule has 0 aromatic heterocycles. The van der Waals surface area contributed by atoms with Crippen LogP contribution in [0.5, 0.6) is 0 Å². The molecule has 186 valence electrons. The molecule has 33 heavy (non-hydrogen) atoms. The molecule has 0 aromatic carbocycles. The maximum absolute atomic E-state index is 12.6. The third-order valence-corrected chi connectivity index (χ3v) is 6.92. The van der Waals surface area contributed by atoms with E-state index in [1.807, 2.05) is 0 Å². The largest absolute Gasteiger partial charge is 0.405 e. The van der Waals surface area contributed by atoms with Gasteiger partial charge in [-0.15, -0.1) is 5.06 Å². The SMILES string of the molecule is C=CSOOCC(=C)ON1CN(C(=O)CCS(=O)(=O)C=C)CN(C(=O)CCS(=O)(=O)C=C)C1. The molecule has 2 amide bonds. The van der Waals surface area contributed by atoms with Gasteiger partial charge in [0.05, 0.1) is 30.2 Å². The van der Waals surface area contributed by atoms with Crippen LogP contribution in [0.4, 0.5) is 0 Å². The van der Waals surface area contributed by atoms with Gasteiger partial charge in [0, 0.05) is 23.7 Å². The maximum atomic E-state index is 12.6. The van der Waals surface area contributed by atoms with Crippen molar-refractivity contribution in [1.29, 1.82) is 0 Å². The summed E-state index contributed by atoms with van der Waals surface area (Å²) in [6.07, 6.45) is -0.683. The van der Waals surface area contributed by atoms with E-state index in [2.05, 4.69) is 26.3 Å². The third kappa shape index (κ3) is 11.0. The molecule has 0 bridgehead atoms. The fourth-order valence-corrected chi connectivity index (χ4v) is 3.80. The van der Waals surface area contributed by atoms with Crippen LogP contribution >= 0.6 is 12.0 Å². The zero-order valence-corrected chi connectivity index (χ0v) is 20.4. The number of carbonyl (C=O) groups is 2. The quantitative estimate of drug-likeness (QED) is 0.0991. The van der Waals surface area contributed by atoms with E-state index >= 15 is 0 Å². The van der Waals surface area contributed by atoms with E-state index in [0.29, 0.717) is 0 Å². The zero-order chi connectivity index (χ0) is 25.1. The highest BCUT2D eigenvalue weighted by atomic mass is 32.2. The summed E-state index contributed by atoms with van der Waals surface area (Å²) in [5, 5.41) is 4.13. The van der Waals surface area contributed by atoms with Crippen LogP contribution in [-0.2, 0) is 43.3 Å². The molecule has 12 nitrogen and oxygen atoms in total. The van der Waals surface area contributed by atoms with Crippen LogP contribution in [-0.4, -0.2) is 81.6 Å². The first-order chi connectivity index (χ1) is 15.4. The monoisotopic (exact) mass is 525 g/mol. The minimum atomic E-state index is -3.60. The van der Waals surface area contributed by atoms with Crippen molar-refractivity contribution >= 4 is 43.5 Å². The smallest absolute Gasteiger partial charge is 0.226 e. The van der Waals surface area contributed by atoms with Gasteiger partial charge in [-0.05, 0) is 5.41 Å². The van der Waals surface area contributed by atoms with Gasteiger partial charge in [0.2, 0.25) is 11.8 Å². The number of nitrogens with zero attached hydrogens (tertiary/aromatic N) is 3. The molecule has 0 atom stereocenters. The van der Waals surface area contributed by atoms with Gasteiger partial charge in [0.1, 0.15) is 25.7 Å². The molecule has 0 N–H and O–H groups in total. The lowest BCUT2D eigenvalue weighted by Gasteiger charge is -2.41. The summed E-state index contributed by atoms with van der Waals surface area (Å²) in [6.45, 7) is 12.9. The molecule has 1 rings (SSSR count). The second kappa shape index (κ2) is 13.5. The molecule has 1 aliphatic heterocycles. The second-order valence-electron chi connectivity index (χ2n) is 6.56. The minimum Gasteiger partial charge on any atom is -0.405 e. The summed E-state index contributed by atoms with van der Waals surface area (Å²) in [7, 11) is -7.19. The van der Waals surface area contributed by atoms with Crippen LogP contribution in [0.15, 0.2) is 48.3 Å². The van der Waals surface area contributed by atoms with Crippen LogP contribution in [0.25, 0.3) is 0 Å². The van der Waals surface area contributed by atoms with E-state index < -0.39 is 43.0 Å². The fraction of sp³-hybridized carbons (Fsp3) is 0.444. The van der Waals surface area contributed by atoms with Crippen LogP contribution in [0.3, 0.4) is 0 Å². The molecular formula is C18H27N3O9S3. The van der Waals surface area contributed by atoms with E-state index in [-0.39, 0.29) is 45.2 Å². The molecule has 0 spiro atoms. The number of amides is 2. The molecule has 0 aliphatic carbocycles. The molecule has 1 heterocycles. The summed E-state index contributed by atoms with van der Waals surface area (Å²) in [5.41, 5.74) is 0.